The molecule has 0 aliphatic heterocycles. The second-order valence-electron chi connectivity index (χ2n) is 5.64. The van der Waals surface area contributed by atoms with Crippen molar-refractivity contribution in [3.05, 3.63) is 0 Å². The van der Waals surface area contributed by atoms with Crippen LogP contribution in [0.3, 0.4) is 0 Å². The van der Waals surface area contributed by atoms with Gasteiger partial charge in [-0.2, -0.15) is 0 Å². The van der Waals surface area contributed by atoms with Crippen molar-refractivity contribution in [2.24, 2.45) is 0 Å². The van der Waals surface area contributed by atoms with Crippen molar-refractivity contribution in [1.82, 2.24) is 0 Å². The molecule has 2 heteroatoms. The van der Waals surface area contributed by atoms with Crippen molar-refractivity contribution in [2.45, 2.75) is 103 Å². The Morgan fingerprint density at radius 3 is 1.00 bits per heavy atom. The van der Waals surface area contributed by atoms with Crippen LogP contribution in [0.2, 0.25) is 0 Å². The highest BCUT2D eigenvalue weighted by molar-refractivity contribution is 9.09. The minimum Gasteiger partial charge on any atom is -0.0928 e. The highest BCUT2D eigenvalue weighted by Gasteiger charge is 1.93. The second kappa shape index (κ2) is 21.5. The summed E-state index contributed by atoms with van der Waals surface area (Å²) in [4.78, 5) is 0. The number of hydrogen-bond donors (Lipinski definition) is 0. The van der Waals surface area contributed by atoms with Crippen LogP contribution >= 0.6 is 15.9 Å². The zero-order valence-corrected chi connectivity index (χ0v) is 14.3. The molecule has 0 aromatic rings. The molecule has 0 saturated heterocycles. The second-order valence-corrected chi connectivity index (χ2v) is 6.43. The molecule has 0 unspecified atom stereocenters. The Morgan fingerprint density at radius 2 is 0.737 bits per heavy atom. The van der Waals surface area contributed by atoms with Crippen molar-refractivity contribution in [3.63, 3.8) is 0 Å². The lowest BCUT2D eigenvalue weighted by Gasteiger charge is -2.02. The van der Waals surface area contributed by atoms with Crippen molar-refractivity contribution < 1.29 is 0 Å². The van der Waals surface area contributed by atoms with Crippen LogP contribution in [0, 0.1) is 0 Å². The summed E-state index contributed by atoms with van der Waals surface area (Å²) in [6.07, 6.45) is 21.8. The molecule has 0 aliphatic carbocycles. The molecule has 0 aliphatic rings. The molecule has 0 fully saturated rings. The molecular weight excluding hydrogens is 308 g/mol. The smallest absolute Gasteiger partial charge is 0.0928 e. The van der Waals surface area contributed by atoms with Gasteiger partial charge in [0.1, 0.15) is 0 Å². The largest absolute Gasteiger partial charge is 0.316 e. The van der Waals surface area contributed by atoms with Gasteiger partial charge in [0, 0.05) is 5.33 Å². The van der Waals surface area contributed by atoms with Gasteiger partial charge in [0.15, 0.2) is 0 Å². The van der Waals surface area contributed by atoms with E-state index in [9.17, 15) is 0 Å². The number of hydrogen-bond acceptors (Lipinski definition) is 0. The summed E-state index contributed by atoms with van der Waals surface area (Å²) in [6.45, 7) is 2.29. The fourth-order valence-electron chi connectivity index (χ4n) is 2.47. The van der Waals surface area contributed by atoms with Crippen molar-refractivity contribution in [3.8, 4) is 0 Å². The molecule has 0 radical (unpaired) electrons. The molecule has 0 rings (SSSR count). The monoisotopic (exact) mass is 344 g/mol. The van der Waals surface area contributed by atoms with E-state index >= 15 is 0 Å². The van der Waals surface area contributed by atoms with Crippen LogP contribution in [0.4, 0.5) is 0 Å². The third kappa shape index (κ3) is 21.7. The number of rotatable bonds is 15. The summed E-state index contributed by atoms with van der Waals surface area (Å²) in [5.74, 6) is 0. The van der Waals surface area contributed by atoms with Crippen LogP contribution in [0.15, 0.2) is 0 Å². The van der Waals surface area contributed by atoms with Gasteiger partial charge in [-0.15, -0.1) is 0 Å². The van der Waals surface area contributed by atoms with E-state index in [1.807, 2.05) is 0 Å². The first-order chi connectivity index (χ1) is 8.91. The van der Waals surface area contributed by atoms with Gasteiger partial charge in [0.2, 0.25) is 0 Å². The number of alkyl halides is 1. The number of halogens is 1. The van der Waals surface area contributed by atoms with Crippen molar-refractivity contribution >= 4 is 39.0 Å². The van der Waals surface area contributed by atoms with Crippen LogP contribution in [0.25, 0.3) is 0 Å². The molecule has 0 amide bonds. The van der Waals surface area contributed by atoms with Gasteiger partial charge >= 0.3 is 23.1 Å². The lowest BCUT2D eigenvalue weighted by atomic mass is 10.0. The Morgan fingerprint density at radius 1 is 0.474 bits per heavy atom. The molecule has 0 nitrogen and oxygen atoms in total. The fraction of sp³-hybridized carbons (Fsp3) is 1.00. The Bertz CT molecular complexity index is 123. The standard InChI is InChI=1S/C17H35Br.Mg.2H/c1-2-3-4-5-6-7-8-9-10-11-12-13-14-15-16-17-18;;;/h2-17H2,1H3;;;. The first-order valence-electron chi connectivity index (χ1n) is 8.47. The Hall–Kier alpha value is 1.25. The van der Waals surface area contributed by atoms with E-state index < -0.39 is 0 Å². The van der Waals surface area contributed by atoms with Crippen LogP contribution in [0.5, 0.6) is 0 Å². The van der Waals surface area contributed by atoms with E-state index in [0.29, 0.717) is 0 Å². The summed E-state index contributed by atoms with van der Waals surface area (Å²) in [5, 5.41) is 1.19. The Balaban J connectivity index is 0. The molecule has 0 bridgehead atoms. The van der Waals surface area contributed by atoms with Gasteiger partial charge in [-0.25, -0.2) is 0 Å². The predicted octanol–water partition coefficient (Wildman–Crippen LogP) is 6.34. The van der Waals surface area contributed by atoms with Crippen LogP contribution in [-0.2, 0) is 0 Å². The van der Waals surface area contributed by atoms with E-state index in [1.165, 1.54) is 102 Å². The van der Waals surface area contributed by atoms with Crippen molar-refractivity contribution in [1.29, 1.82) is 0 Å². The minimum absolute atomic E-state index is 0. The average molecular weight is 346 g/mol. The molecule has 0 heterocycles. The summed E-state index contributed by atoms with van der Waals surface area (Å²) >= 11 is 3.49. The highest BCUT2D eigenvalue weighted by Crippen LogP contribution is 2.13. The zero-order valence-electron chi connectivity index (χ0n) is 12.7. The van der Waals surface area contributed by atoms with Crippen molar-refractivity contribution in [2.75, 3.05) is 5.33 Å². The quantitative estimate of drug-likeness (QED) is 0.185. The van der Waals surface area contributed by atoms with Gasteiger partial charge in [-0.05, 0) is 6.42 Å². The molecular formula is C17H37BrMg. The van der Waals surface area contributed by atoms with Crippen LogP contribution in [-0.4, -0.2) is 28.4 Å². The summed E-state index contributed by atoms with van der Waals surface area (Å²) in [7, 11) is 0. The summed E-state index contributed by atoms with van der Waals surface area (Å²) in [5.41, 5.74) is 0. The Labute approximate surface area is 147 Å². The topological polar surface area (TPSA) is 0 Å². The van der Waals surface area contributed by atoms with E-state index in [4.69, 9.17) is 0 Å². The number of unbranched alkanes of at least 4 members (excludes halogenated alkanes) is 14. The van der Waals surface area contributed by atoms with E-state index in [-0.39, 0.29) is 23.1 Å². The molecule has 0 spiro atoms. The third-order valence-electron chi connectivity index (χ3n) is 3.74. The van der Waals surface area contributed by atoms with Gasteiger partial charge in [-0.1, -0.05) is 113 Å². The molecule has 114 valence electrons. The Kier molecular flexibility index (Phi) is 25.5. The minimum atomic E-state index is 0. The maximum absolute atomic E-state index is 3.49. The summed E-state index contributed by atoms with van der Waals surface area (Å²) in [6, 6.07) is 0. The van der Waals surface area contributed by atoms with Gasteiger partial charge in [0.25, 0.3) is 0 Å². The van der Waals surface area contributed by atoms with Crippen LogP contribution in [0.1, 0.15) is 103 Å². The molecule has 0 aromatic heterocycles. The maximum atomic E-state index is 3.49. The lowest BCUT2D eigenvalue weighted by molar-refractivity contribution is 0.535. The normalized spacial score (nSPS) is 10.4. The van der Waals surface area contributed by atoms with E-state index in [1.54, 1.807) is 0 Å². The van der Waals surface area contributed by atoms with Crippen LogP contribution < -0.4 is 0 Å². The first kappa shape index (κ1) is 22.5. The zero-order chi connectivity index (χ0) is 13.3. The van der Waals surface area contributed by atoms with Gasteiger partial charge in [0.05, 0.1) is 0 Å². The van der Waals surface area contributed by atoms with Gasteiger partial charge < -0.3 is 0 Å². The highest BCUT2D eigenvalue weighted by atomic mass is 79.9. The molecule has 0 saturated carbocycles. The van der Waals surface area contributed by atoms with E-state index in [0.717, 1.165) is 0 Å². The molecule has 19 heavy (non-hydrogen) atoms. The average Bonchev–Trinajstić information content (AvgIpc) is 2.39. The molecule has 0 aromatic carbocycles. The van der Waals surface area contributed by atoms with Gasteiger partial charge in [-0.3, -0.25) is 0 Å². The third-order valence-corrected chi connectivity index (χ3v) is 4.30. The SMILES string of the molecule is CCCCCCCCCCCCCCCCCBr.[MgH2]. The summed E-state index contributed by atoms with van der Waals surface area (Å²) < 4.78 is 0. The lowest BCUT2D eigenvalue weighted by Crippen LogP contribution is -1.83. The predicted molar refractivity (Wildman–Crippen MR) is 97.3 cm³/mol. The van der Waals surface area contributed by atoms with E-state index in [2.05, 4.69) is 22.9 Å². The maximum Gasteiger partial charge on any atom is 0.316 e. The fourth-order valence-corrected chi connectivity index (χ4v) is 2.86. The molecule has 0 atom stereocenters. The molecule has 0 N–H and O–H groups in total. The first-order valence-corrected chi connectivity index (χ1v) is 9.60.